The van der Waals surface area contributed by atoms with Crippen LogP contribution in [-0.4, -0.2) is 55.3 Å². The highest BCUT2D eigenvalue weighted by molar-refractivity contribution is 5.26. The first-order valence-corrected chi connectivity index (χ1v) is 6.53. The van der Waals surface area contributed by atoms with Crippen molar-refractivity contribution in [3.63, 3.8) is 0 Å². The summed E-state index contributed by atoms with van der Waals surface area (Å²) in [5.74, 6) is -33.7. The van der Waals surface area contributed by atoms with Crippen molar-refractivity contribution < 1.29 is 88.2 Å². The molecule has 186 valence electrons. The van der Waals surface area contributed by atoms with Gasteiger partial charge in [0.15, 0.2) is 17.9 Å². The zero-order chi connectivity index (χ0) is 25.6. The maximum atomic E-state index is 13.2. The third-order valence-electron chi connectivity index (χ3n) is 2.99. The number of hydrogen-bond acceptors (Lipinski definition) is 1. The van der Waals surface area contributed by atoms with Crippen LogP contribution in [0.5, 0.6) is 0 Å². The van der Waals surface area contributed by atoms with Crippen LogP contribution < -0.4 is 0 Å². The van der Waals surface area contributed by atoms with Crippen molar-refractivity contribution in [2.75, 3.05) is 6.61 Å². The fourth-order valence-electron chi connectivity index (χ4n) is 1.50. The van der Waals surface area contributed by atoms with Crippen LogP contribution in [-0.2, 0) is 4.74 Å². The molecule has 0 saturated carbocycles. The first-order valence-electron chi connectivity index (χ1n) is 6.53. The van der Waals surface area contributed by atoms with Gasteiger partial charge >= 0.3 is 48.6 Å². The molecular formula is C11H3F19O. The summed E-state index contributed by atoms with van der Waals surface area (Å²) in [6.45, 7) is -4.15. The lowest BCUT2D eigenvalue weighted by molar-refractivity contribution is -0.347. The molecule has 0 aliphatic heterocycles. The first kappa shape index (κ1) is 29.2. The maximum absolute atomic E-state index is 13.2. The Labute approximate surface area is 156 Å². The second-order valence-corrected chi connectivity index (χ2v) is 5.26. The highest BCUT2D eigenvalue weighted by atomic mass is 19.4. The van der Waals surface area contributed by atoms with Crippen molar-refractivity contribution in [1.29, 1.82) is 0 Å². The third kappa shape index (κ3) is 5.53. The lowest BCUT2D eigenvalue weighted by Crippen LogP contribution is -2.59. The Morgan fingerprint density at radius 3 is 1.23 bits per heavy atom. The van der Waals surface area contributed by atoms with Crippen LogP contribution in [0.4, 0.5) is 83.4 Å². The van der Waals surface area contributed by atoms with E-state index in [2.05, 4.69) is 4.74 Å². The topological polar surface area (TPSA) is 9.23 Å². The molecule has 0 heterocycles. The van der Waals surface area contributed by atoms with Crippen LogP contribution in [0.2, 0.25) is 0 Å². The molecule has 1 nitrogen and oxygen atoms in total. The van der Waals surface area contributed by atoms with E-state index in [1.807, 2.05) is 0 Å². The van der Waals surface area contributed by atoms with Gasteiger partial charge in [-0.25, -0.2) is 8.78 Å². The van der Waals surface area contributed by atoms with Crippen LogP contribution in [0.15, 0.2) is 11.3 Å². The number of hydrogen-bond donors (Lipinski definition) is 0. The summed E-state index contributed by atoms with van der Waals surface area (Å²) >= 11 is 0. The summed E-state index contributed by atoms with van der Waals surface area (Å²) in [4.78, 5) is 0. The molecule has 0 aliphatic carbocycles. The lowest BCUT2D eigenvalue weighted by atomic mass is 10.1. The Hall–Kier alpha value is -1.79. The fraction of sp³-hybridized carbons (Fsp3) is 0.818. The van der Waals surface area contributed by atoms with Gasteiger partial charge in [-0.3, -0.25) is 0 Å². The SMILES string of the molecule is FC(F)C(F)(F)C(F)(F)C(F)(F)COC(=C(C(F)(F)F)C(F)(F)F)C(F)(F)C(F)(F)F. The standard InChI is InChI=1S/C11H3F19O/c12-4(13)7(18,19)10(26,27)5(14,15)1-31-3(6(16,17)11(28,29)30)2(8(20,21)22)9(23,24)25/h4H,1H2. The average Bonchev–Trinajstić information content (AvgIpc) is 2.46. The largest absolute Gasteiger partial charge is 0.484 e. The minimum absolute atomic E-state index is 2.34. The molecule has 0 aliphatic rings. The Kier molecular flexibility index (Phi) is 7.50. The van der Waals surface area contributed by atoms with Crippen LogP contribution in [0.25, 0.3) is 0 Å². The Balaban J connectivity index is 6.73. The van der Waals surface area contributed by atoms with Gasteiger partial charge in [0.1, 0.15) is 0 Å². The minimum Gasteiger partial charge on any atom is -0.484 e. The highest BCUT2D eigenvalue weighted by Crippen LogP contribution is 2.52. The van der Waals surface area contributed by atoms with Gasteiger partial charge in [-0.2, -0.15) is 74.6 Å². The second-order valence-electron chi connectivity index (χ2n) is 5.26. The smallest absolute Gasteiger partial charge is 0.461 e. The number of ether oxygens (including phenoxy) is 1. The van der Waals surface area contributed by atoms with Gasteiger partial charge in [-0.1, -0.05) is 0 Å². The van der Waals surface area contributed by atoms with E-state index in [-0.39, 0.29) is 0 Å². The van der Waals surface area contributed by atoms with E-state index in [0.717, 1.165) is 0 Å². The van der Waals surface area contributed by atoms with Crippen LogP contribution in [0.1, 0.15) is 0 Å². The average molecular weight is 512 g/mol. The van der Waals surface area contributed by atoms with Crippen molar-refractivity contribution in [3.05, 3.63) is 11.3 Å². The first-order chi connectivity index (χ1) is 13.2. The van der Waals surface area contributed by atoms with E-state index >= 15 is 0 Å². The monoisotopic (exact) mass is 512 g/mol. The maximum Gasteiger partial charge on any atom is 0.461 e. The van der Waals surface area contributed by atoms with E-state index in [0.29, 0.717) is 0 Å². The zero-order valence-electron chi connectivity index (χ0n) is 13.4. The van der Waals surface area contributed by atoms with Gasteiger partial charge < -0.3 is 4.74 Å². The molecule has 20 heteroatoms. The van der Waals surface area contributed by atoms with Crippen molar-refractivity contribution in [3.8, 4) is 0 Å². The third-order valence-corrected chi connectivity index (χ3v) is 2.99. The van der Waals surface area contributed by atoms with E-state index in [1.54, 1.807) is 0 Å². The van der Waals surface area contributed by atoms with Gasteiger partial charge in [0.05, 0.1) is 0 Å². The van der Waals surface area contributed by atoms with Crippen molar-refractivity contribution >= 4 is 0 Å². The molecule has 0 aromatic heterocycles. The Bertz CT molecular complexity index is 644. The second kappa shape index (κ2) is 7.96. The Morgan fingerprint density at radius 1 is 0.613 bits per heavy atom. The summed E-state index contributed by atoms with van der Waals surface area (Å²) < 4.78 is 241. The molecule has 31 heavy (non-hydrogen) atoms. The van der Waals surface area contributed by atoms with Gasteiger partial charge in [0.25, 0.3) is 0 Å². The number of allylic oxidation sites excluding steroid dienone is 2. The van der Waals surface area contributed by atoms with Crippen LogP contribution in [0.3, 0.4) is 0 Å². The minimum atomic E-state index is -7.45. The van der Waals surface area contributed by atoms with Gasteiger partial charge in [-0.05, 0) is 0 Å². The highest BCUT2D eigenvalue weighted by Gasteiger charge is 2.76. The molecular weight excluding hydrogens is 509 g/mol. The summed E-state index contributed by atoms with van der Waals surface area (Å²) in [6.07, 6.45) is -27.6. The van der Waals surface area contributed by atoms with E-state index in [4.69, 9.17) is 0 Å². The summed E-state index contributed by atoms with van der Waals surface area (Å²) in [6, 6.07) is 0. The van der Waals surface area contributed by atoms with Crippen molar-refractivity contribution in [2.24, 2.45) is 0 Å². The van der Waals surface area contributed by atoms with Crippen molar-refractivity contribution in [1.82, 2.24) is 0 Å². The molecule has 0 bridgehead atoms. The summed E-state index contributed by atoms with van der Waals surface area (Å²) in [5, 5.41) is 0. The van der Waals surface area contributed by atoms with Crippen molar-refractivity contribution in [2.45, 2.75) is 48.6 Å². The molecule has 0 aromatic carbocycles. The molecule has 0 radical (unpaired) electrons. The lowest BCUT2D eigenvalue weighted by Gasteiger charge is -2.33. The van der Waals surface area contributed by atoms with E-state index in [1.165, 1.54) is 0 Å². The number of halogens is 19. The zero-order valence-corrected chi connectivity index (χ0v) is 13.4. The molecule has 0 amide bonds. The van der Waals surface area contributed by atoms with E-state index in [9.17, 15) is 83.4 Å². The van der Waals surface area contributed by atoms with Gasteiger partial charge in [0.2, 0.25) is 0 Å². The molecule has 0 aromatic rings. The molecule has 0 N–H and O–H groups in total. The van der Waals surface area contributed by atoms with Gasteiger partial charge in [-0.15, -0.1) is 0 Å². The molecule has 0 fully saturated rings. The number of alkyl halides is 19. The molecule has 0 saturated heterocycles. The molecule has 0 rings (SSSR count). The summed E-state index contributed by atoms with van der Waals surface area (Å²) in [5.41, 5.74) is -4.94. The predicted octanol–water partition coefficient (Wildman–Crippen LogP) is 6.75. The molecule has 0 spiro atoms. The molecule has 0 atom stereocenters. The normalized spacial score (nSPS) is 15.4. The quantitative estimate of drug-likeness (QED) is 0.271. The Morgan fingerprint density at radius 2 is 0.968 bits per heavy atom. The fourth-order valence-corrected chi connectivity index (χ4v) is 1.50. The predicted molar refractivity (Wildman–Crippen MR) is 56.9 cm³/mol. The van der Waals surface area contributed by atoms with Gasteiger partial charge in [0, 0.05) is 0 Å². The van der Waals surface area contributed by atoms with E-state index < -0.39 is 66.6 Å². The number of rotatable bonds is 7. The van der Waals surface area contributed by atoms with Crippen LogP contribution in [0, 0.1) is 0 Å². The summed E-state index contributed by atoms with van der Waals surface area (Å²) in [7, 11) is 0. The van der Waals surface area contributed by atoms with Crippen LogP contribution >= 0.6 is 0 Å². The molecule has 0 unspecified atom stereocenters.